The smallest absolute Gasteiger partial charge is 0.0697 e. The van der Waals surface area contributed by atoms with E-state index in [-0.39, 0.29) is 6.04 Å². The minimum Gasteiger partial charge on any atom is -0.391 e. The van der Waals surface area contributed by atoms with Gasteiger partial charge in [-0.3, -0.25) is 0 Å². The van der Waals surface area contributed by atoms with E-state index < -0.39 is 6.10 Å². The molecule has 0 saturated heterocycles. The summed E-state index contributed by atoms with van der Waals surface area (Å²) in [7, 11) is 0. The Kier molecular flexibility index (Phi) is 5.80. The van der Waals surface area contributed by atoms with Crippen molar-refractivity contribution in [2.45, 2.75) is 31.4 Å². The average molecular weight is 155 g/mol. The fraction of sp³-hybridized carbons (Fsp3) is 0.556. The van der Waals surface area contributed by atoms with Crippen LogP contribution in [0.1, 0.15) is 19.3 Å². The highest BCUT2D eigenvalue weighted by Crippen LogP contribution is 2.04. The summed E-state index contributed by atoms with van der Waals surface area (Å²) in [6, 6.07) is -0.174. The zero-order chi connectivity index (χ0) is 8.69. The van der Waals surface area contributed by atoms with Gasteiger partial charge in [0.15, 0.2) is 0 Å². The second-order valence-electron chi connectivity index (χ2n) is 2.62. The molecule has 0 heterocycles. The van der Waals surface area contributed by atoms with Crippen molar-refractivity contribution in [2.24, 2.45) is 5.73 Å². The molecule has 11 heavy (non-hydrogen) atoms. The van der Waals surface area contributed by atoms with Crippen LogP contribution >= 0.6 is 0 Å². The average Bonchev–Trinajstić information content (AvgIpc) is 2.00. The van der Waals surface area contributed by atoms with Crippen LogP contribution in [0.15, 0.2) is 25.3 Å². The molecule has 2 heteroatoms. The molecule has 2 unspecified atom stereocenters. The van der Waals surface area contributed by atoms with E-state index in [1.807, 2.05) is 0 Å². The number of aliphatic hydroxyl groups excluding tert-OH is 1. The van der Waals surface area contributed by atoms with Crippen LogP contribution in [0.5, 0.6) is 0 Å². The number of allylic oxidation sites excluding steroid dienone is 1. The molecule has 2 atom stereocenters. The highest BCUT2D eigenvalue weighted by atomic mass is 16.3. The van der Waals surface area contributed by atoms with E-state index in [0.29, 0.717) is 12.8 Å². The minimum absolute atomic E-state index is 0.174. The molecule has 0 fully saturated rings. The topological polar surface area (TPSA) is 46.2 Å². The second-order valence-corrected chi connectivity index (χ2v) is 2.62. The molecular weight excluding hydrogens is 138 g/mol. The lowest BCUT2D eigenvalue weighted by Gasteiger charge is -2.15. The molecule has 0 saturated carbocycles. The van der Waals surface area contributed by atoms with Gasteiger partial charge in [0, 0.05) is 6.04 Å². The van der Waals surface area contributed by atoms with Crippen molar-refractivity contribution in [3.8, 4) is 0 Å². The largest absolute Gasteiger partial charge is 0.391 e. The minimum atomic E-state index is -0.425. The van der Waals surface area contributed by atoms with E-state index >= 15 is 0 Å². The normalized spacial score (nSPS) is 15.5. The van der Waals surface area contributed by atoms with Gasteiger partial charge in [0.05, 0.1) is 6.10 Å². The predicted octanol–water partition coefficient (Wildman–Crippen LogP) is 1.22. The molecule has 0 aliphatic carbocycles. The first-order valence-corrected chi connectivity index (χ1v) is 3.87. The van der Waals surface area contributed by atoms with E-state index in [0.717, 1.165) is 6.42 Å². The van der Waals surface area contributed by atoms with Crippen LogP contribution in [-0.2, 0) is 0 Å². The SMILES string of the molecule is C=CCCC(O)C(N)CC=C. The highest BCUT2D eigenvalue weighted by molar-refractivity contribution is 4.82. The first-order valence-electron chi connectivity index (χ1n) is 3.87. The van der Waals surface area contributed by atoms with E-state index in [1.165, 1.54) is 0 Å². The molecule has 64 valence electrons. The Balaban J connectivity index is 3.53. The van der Waals surface area contributed by atoms with E-state index in [4.69, 9.17) is 5.73 Å². The van der Waals surface area contributed by atoms with Gasteiger partial charge in [0.1, 0.15) is 0 Å². The predicted molar refractivity (Wildman–Crippen MR) is 48.2 cm³/mol. The van der Waals surface area contributed by atoms with Crippen LogP contribution in [0, 0.1) is 0 Å². The molecule has 3 N–H and O–H groups in total. The Morgan fingerprint density at radius 2 is 2.00 bits per heavy atom. The first-order chi connectivity index (χ1) is 5.22. The highest BCUT2D eigenvalue weighted by Gasteiger charge is 2.11. The van der Waals surface area contributed by atoms with Gasteiger partial charge in [0.2, 0.25) is 0 Å². The lowest BCUT2D eigenvalue weighted by Crippen LogP contribution is -2.33. The van der Waals surface area contributed by atoms with Crippen molar-refractivity contribution in [3.05, 3.63) is 25.3 Å². The quantitative estimate of drug-likeness (QED) is 0.566. The van der Waals surface area contributed by atoms with Crippen LogP contribution in [0.4, 0.5) is 0 Å². The number of rotatable bonds is 6. The van der Waals surface area contributed by atoms with Gasteiger partial charge in [-0.05, 0) is 19.3 Å². The summed E-state index contributed by atoms with van der Waals surface area (Å²) in [6.07, 6.45) is 5.25. The van der Waals surface area contributed by atoms with Gasteiger partial charge < -0.3 is 10.8 Å². The van der Waals surface area contributed by atoms with Gasteiger partial charge in [-0.2, -0.15) is 0 Å². The molecule has 2 nitrogen and oxygen atoms in total. The van der Waals surface area contributed by atoms with Crippen molar-refractivity contribution in [3.63, 3.8) is 0 Å². The molecule has 0 spiro atoms. The Morgan fingerprint density at radius 3 is 2.45 bits per heavy atom. The van der Waals surface area contributed by atoms with Gasteiger partial charge in [-0.15, -0.1) is 13.2 Å². The molecule has 0 aliphatic heterocycles. The summed E-state index contributed by atoms with van der Waals surface area (Å²) in [5.74, 6) is 0. The van der Waals surface area contributed by atoms with Crippen molar-refractivity contribution < 1.29 is 5.11 Å². The van der Waals surface area contributed by atoms with Crippen molar-refractivity contribution in [2.75, 3.05) is 0 Å². The Hall–Kier alpha value is -0.600. The van der Waals surface area contributed by atoms with Crippen LogP contribution in [0.25, 0.3) is 0 Å². The lowest BCUT2D eigenvalue weighted by molar-refractivity contribution is 0.137. The van der Waals surface area contributed by atoms with Gasteiger partial charge >= 0.3 is 0 Å². The van der Waals surface area contributed by atoms with E-state index in [2.05, 4.69) is 13.2 Å². The summed E-state index contributed by atoms with van der Waals surface area (Å²) in [4.78, 5) is 0. The Labute approximate surface area is 68.4 Å². The van der Waals surface area contributed by atoms with Crippen LogP contribution < -0.4 is 5.73 Å². The third kappa shape index (κ3) is 4.76. The Morgan fingerprint density at radius 1 is 1.36 bits per heavy atom. The van der Waals surface area contributed by atoms with Gasteiger partial charge in [0.25, 0.3) is 0 Å². The standard InChI is InChI=1S/C9H17NO/c1-3-5-7-9(11)8(10)6-4-2/h3-4,8-9,11H,1-2,5-7,10H2. The molecule has 0 aromatic heterocycles. The van der Waals surface area contributed by atoms with Crippen LogP contribution in [0.3, 0.4) is 0 Å². The van der Waals surface area contributed by atoms with E-state index in [9.17, 15) is 5.11 Å². The van der Waals surface area contributed by atoms with Crippen molar-refractivity contribution >= 4 is 0 Å². The maximum absolute atomic E-state index is 9.36. The summed E-state index contributed by atoms with van der Waals surface area (Å²) in [5.41, 5.74) is 5.61. The number of hydrogen-bond acceptors (Lipinski definition) is 2. The number of nitrogens with two attached hydrogens (primary N) is 1. The second kappa shape index (κ2) is 6.13. The molecule has 0 rings (SSSR count). The van der Waals surface area contributed by atoms with E-state index in [1.54, 1.807) is 12.2 Å². The third-order valence-corrected chi connectivity index (χ3v) is 1.60. The van der Waals surface area contributed by atoms with Crippen LogP contribution in [0.2, 0.25) is 0 Å². The van der Waals surface area contributed by atoms with Gasteiger partial charge in [-0.25, -0.2) is 0 Å². The molecule has 0 aromatic carbocycles. The van der Waals surface area contributed by atoms with Crippen LogP contribution in [-0.4, -0.2) is 17.3 Å². The zero-order valence-corrected chi connectivity index (χ0v) is 6.87. The number of hydrogen-bond donors (Lipinski definition) is 2. The van der Waals surface area contributed by atoms with Gasteiger partial charge in [-0.1, -0.05) is 12.2 Å². The lowest BCUT2D eigenvalue weighted by atomic mass is 10.0. The van der Waals surface area contributed by atoms with Crippen molar-refractivity contribution in [1.82, 2.24) is 0 Å². The summed E-state index contributed by atoms with van der Waals surface area (Å²) >= 11 is 0. The summed E-state index contributed by atoms with van der Waals surface area (Å²) in [6.45, 7) is 7.12. The first kappa shape index (κ1) is 10.4. The molecule has 0 aliphatic rings. The molecule has 0 radical (unpaired) electrons. The number of aliphatic hydroxyl groups is 1. The fourth-order valence-electron chi connectivity index (χ4n) is 0.852. The molecule has 0 aromatic rings. The third-order valence-electron chi connectivity index (χ3n) is 1.60. The fourth-order valence-corrected chi connectivity index (χ4v) is 0.852. The maximum Gasteiger partial charge on any atom is 0.0697 e. The van der Waals surface area contributed by atoms with Crippen molar-refractivity contribution in [1.29, 1.82) is 0 Å². The Bertz CT molecular complexity index is 123. The molecule has 0 bridgehead atoms. The summed E-state index contributed by atoms with van der Waals surface area (Å²) in [5, 5.41) is 9.36. The molecular formula is C9H17NO. The molecule has 0 amide bonds. The monoisotopic (exact) mass is 155 g/mol. The zero-order valence-electron chi connectivity index (χ0n) is 6.87. The summed E-state index contributed by atoms with van der Waals surface area (Å²) < 4.78 is 0. The maximum atomic E-state index is 9.36.